The highest BCUT2D eigenvalue weighted by molar-refractivity contribution is 7.89. The summed E-state index contributed by atoms with van der Waals surface area (Å²) in [4.78, 5) is 13.3. The van der Waals surface area contributed by atoms with Crippen LogP contribution in [0.5, 0.6) is 0 Å². The minimum atomic E-state index is -5.04. The summed E-state index contributed by atoms with van der Waals surface area (Å²) in [6, 6.07) is 7.53. The lowest BCUT2D eigenvalue weighted by Crippen LogP contribution is -2.32. The topological polar surface area (TPSA) is 99.6 Å². The maximum Gasteiger partial charge on any atom is 0.274 e. The standard InChI is InChI=1S/C20H14F5N3O4S/c21-14-8-15(17(23)18(24)16(14)22)33(31,32)28(10-13-2-1-7-26-19(13)25)9-11-3-5-12(6-4-11)20(29)27-30/h1-8,30H,9-10H2,(H,27,29). The van der Waals surface area contributed by atoms with Gasteiger partial charge in [-0.25, -0.2) is 36.4 Å². The van der Waals surface area contributed by atoms with Gasteiger partial charge in [0.15, 0.2) is 23.3 Å². The van der Waals surface area contributed by atoms with Gasteiger partial charge in [-0.15, -0.1) is 0 Å². The van der Waals surface area contributed by atoms with E-state index in [2.05, 4.69) is 4.98 Å². The molecule has 3 rings (SSSR count). The number of rotatable bonds is 7. The van der Waals surface area contributed by atoms with Gasteiger partial charge in [-0.2, -0.15) is 8.70 Å². The summed E-state index contributed by atoms with van der Waals surface area (Å²) in [5, 5.41) is 8.66. The van der Waals surface area contributed by atoms with E-state index >= 15 is 0 Å². The van der Waals surface area contributed by atoms with Crippen LogP contribution in [0.15, 0.2) is 53.6 Å². The molecule has 2 aromatic carbocycles. The molecule has 1 amide bonds. The van der Waals surface area contributed by atoms with Crippen molar-refractivity contribution in [1.82, 2.24) is 14.8 Å². The van der Waals surface area contributed by atoms with Crippen molar-refractivity contribution in [1.29, 1.82) is 0 Å². The Morgan fingerprint density at radius 3 is 2.24 bits per heavy atom. The Morgan fingerprint density at radius 2 is 1.64 bits per heavy atom. The second kappa shape index (κ2) is 9.60. The first-order valence-electron chi connectivity index (χ1n) is 9.02. The Hall–Kier alpha value is -3.42. The minimum Gasteiger partial charge on any atom is -0.288 e. The molecule has 2 N–H and O–H groups in total. The van der Waals surface area contributed by atoms with E-state index < -0.39 is 63.1 Å². The summed E-state index contributed by atoms with van der Waals surface area (Å²) in [5.74, 6) is -10.5. The number of nitrogens with zero attached hydrogens (tertiary/aromatic N) is 2. The molecule has 13 heteroatoms. The number of pyridine rings is 1. The van der Waals surface area contributed by atoms with E-state index in [0.717, 1.165) is 6.20 Å². The third-order valence-electron chi connectivity index (χ3n) is 4.55. The number of hydroxylamine groups is 1. The summed E-state index contributed by atoms with van der Waals surface area (Å²) in [7, 11) is -5.04. The third-order valence-corrected chi connectivity index (χ3v) is 6.34. The number of amides is 1. The van der Waals surface area contributed by atoms with Crippen molar-refractivity contribution in [2.75, 3.05) is 0 Å². The number of carbonyl (C=O) groups is 1. The smallest absolute Gasteiger partial charge is 0.274 e. The summed E-state index contributed by atoms with van der Waals surface area (Å²) >= 11 is 0. The number of hydrogen-bond donors (Lipinski definition) is 2. The molecule has 0 aliphatic carbocycles. The molecule has 0 spiro atoms. The first kappa shape index (κ1) is 24.2. The molecule has 0 aliphatic rings. The quantitative estimate of drug-likeness (QED) is 0.133. The molecule has 174 valence electrons. The summed E-state index contributed by atoms with van der Waals surface area (Å²) < 4.78 is 95.8. The van der Waals surface area contributed by atoms with E-state index in [0.29, 0.717) is 4.31 Å². The Labute approximate surface area is 184 Å². The predicted octanol–water partition coefficient (Wildman–Crippen LogP) is 3.29. The van der Waals surface area contributed by atoms with Crippen LogP contribution in [-0.4, -0.2) is 28.8 Å². The molecule has 0 fully saturated rings. The summed E-state index contributed by atoms with van der Waals surface area (Å²) in [5.41, 5.74) is 1.40. The SMILES string of the molecule is O=C(NO)c1ccc(CN(Cc2cccnc2F)S(=O)(=O)c2cc(F)c(F)c(F)c2F)cc1. The number of nitrogens with one attached hydrogen (secondary N) is 1. The van der Waals surface area contributed by atoms with Crippen LogP contribution < -0.4 is 5.48 Å². The molecule has 0 saturated carbocycles. The lowest BCUT2D eigenvalue weighted by molar-refractivity contribution is 0.0706. The van der Waals surface area contributed by atoms with Crippen molar-refractivity contribution in [2.45, 2.75) is 18.0 Å². The maximum absolute atomic E-state index is 14.3. The summed E-state index contributed by atoms with van der Waals surface area (Å²) in [6.07, 6.45) is 1.10. The highest BCUT2D eigenvalue weighted by Crippen LogP contribution is 2.28. The van der Waals surface area contributed by atoms with Gasteiger partial charge in [0.1, 0.15) is 4.90 Å². The molecule has 0 unspecified atom stereocenters. The van der Waals surface area contributed by atoms with E-state index in [4.69, 9.17) is 5.21 Å². The first-order chi connectivity index (χ1) is 15.6. The van der Waals surface area contributed by atoms with Crippen LogP contribution in [0.3, 0.4) is 0 Å². The van der Waals surface area contributed by atoms with Crippen molar-refractivity contribution in [3.05, 3.63) is 94.6 Å². The van der Waals surface area contributed by atoms with Crippen LogP contribution in [-0.2, 0) is 23.1 Å². The Kier molecular flexibility index (Phi) is 7.05. The Bertz CT molecular complexity index is 1300. The monoisotopic (exact) mass is 487 g/mol. The minimum absolute atomic E-state index is 0.00956. The van der Waals surface area contributed by atoms with Crippen molar-refractivity contribution in [3.63, 3.8) is 0 Å². The van der Waals surface area contributed by atoms with Crippen molar-refractivity contribution >= 4 is 15.9 Å². The molecule has 1 heterocycles. The molecule has 0 aliphatic heterocycles. The second-order valence-corrected chi connectivity index (χ2v) is 8.57. The molecule has 7 nitrogen and oxygen atoms in total. The zero-order chi connectivity index (χ0) is 24.3. The fourth-order valence-electron chi connectivity index (χ4n) is 2.86. The van der Waals surface area contributed by atoms with Gasteiger partial charge in [0, 0.05) is 36.5 Å². The van der Waals surface area contributed by atoms with Crippen molar-refractivity contribution < 1.29 is 40.4 Å². The highest BCUT2D eigenvalue weighted by Gasteiger charge is 2.33. The normalized spacial score (nSPS) is 11.6. The van der Waals surface area contributed by atoms with E-state index in [1.165, 1.54) is 41.9 Å². The van der Waals surface area contributed by atoms with E-state index in [1.807, 2.05) is 0 Å². The zero-order valence-electron chi connectivity index (χ0n) is 16.4. The number of sulfonamides is 1. The Morgan fingerprint density at radius 1 is 0.970 bits per heavy atom. The average Bonchev–Trinajstić information content (AvgIpc) is 2.80. The number of halogens is 5. The van der Waals surface area contributed by atoms with Crippen LogP contribution in [0.25, 0.3) is 0 Å². The van der Waals surface area contributed by atoms with Gasteiger partial charge in [-0.3, -0.25) is 10.0 Å². The second-order valence-electron chi connectivity index (χ2n) is 6.66. The lowest BCUT2D eigenvalue weighted by Gasteiger charge is -2.23. The van der Waals surface area contributed by atoms with Crippen molar-refractivity contribution in [3.8, 4) is 0 Å². The van der Waals surface area contributed by atoms with Gasteiger partial charge in [0.2, 0.25) is 16.0 Å². The molecule has 0 saturated heterocycles. The fraction of sp³-hybridized carbons (Fsp3) is 0.100. The van der Waals surface area contributed by atoms with Gasteiger partial charge in [-0.1, -0.05) is 18.2 Å². The van der Waals surface area contributed by atoms with Crippen LogP contribution >= 0.6 is 0 Å². The largest absolute Gasteiger partial charge is 0.288 e. The molecule has 0 radical (unpaired) electrons. The molecule has 0 bridgehead atoms. The van der Waals surface area contributed by atoms with Crippen LogP contribution in [0.1, 0.15) is 21.5 Å². The number of aromatic nitrogens is 1. The maximum atomic E-state index is 14.3. The van der Waals surface area contributed by atoms with Gasteiger partial charge in [0.25, 0.3) is 5.91 Å². The van der Waals surface area contributed by atoms with Crippen LogP contribution in [0.4, 0.5) is 22.0 Å². The first-order valence-corrected chi connectivity index (χ1v) is 10.5. The fourth-order valence-corrected chi connectivity index (χ4v) is 4.34. The van der Waals surface area contributed by atoms with E-state index in [1.54, 1.807) is 0 Å². The molecule has 0 atom stereocenters. The zero-order valence-corrected chi connectivity index (χ0v) is 17.2. The third kappa shape index (κ3) is 4.99. The molecular formula is C20H14F5N3O4S. The lowest BCUT2D eigenvalue weighted by atomic mass is 10.1. The van der Waals surface area contributed by atoms with Gasteiger partial charge in [-0.05, 0) is 23.8 Å². The number of benzene rings is 2. The van der Waals surface area contributed by atoms with Gasteiger partial charge >= 0.3 is 0 Å². The highest BCUT2D eigenvalue weighted by atomic mass is 32.2. The van der Waals surface area contributed by atoms with Crippen LogP contribution in [0.2, 0.25) is 0 Å². The van der Waals surface area contributed by atoms with Gasteiger partial charge < -0.3 is 0 Å². The average molecular weight is 487 g/mol. The van der Waals surface area contributed by atoms with Crippen LogP contribution in [0, 0.1) is 29.2 Å². The van der Waals surface area contributed by atoms with E-state index in [-0.39, 0.29) is 22.8 Å². The van der Waals surface area contributed by atoms with E-state index in [9.17, 15) is 35.2 Å². The summed E-state index contributed by atoms with van der Waals surface area (Å²) in [6.45, 7) is -1.28. The Balaban J connectivity index is 2.07. The number of carbonyl (C=O) groups excluding carboxylic acids is 1. The molecule has 1 aromatic heterocycles. The predicted molar refractivity (Wildman–Crippen MR) is 103 cm³/mol. The molecule has 33 heavy (non-hydrogen) atoms. The molecule has 3 aromatic rings. The van der Waals surface area contributed by atoms with Crippen molar-refractivity contribution in [2.24, 2.45) is 0 Å². The number of hydrogen-bond acceptors (Lipinski definition) is 5. The molecular weight excluding hydrogens is 473 g/mol. The van der Waals surface area contributed by atoms with Gasteiger partial charge in [0.05, 0.1) is 0 Å².